The summed E-state index contributed by atoms with van der Waals surface area (Å²) in [5.74, 6) is 5.07. The first-order valence-electron chi connectivity index (χ1n) is 6.23. The minimum atomic E-state index is -0.187. The van der Waals surface area contributed by atoms with Gasteiger partial charge in [0.15, 0.2) is 0 Å². The van der Waals surface area contributed by atoms with Gasteiger partial charge in [0.2, 0.25) is 0 Å². The van der Waals surface area contributed by atoms with E-state index in [4.69, 9.17) is 16.3 Å². The Balaban J connectivity index is 2.19. The van der Waals surface area contributed by atoms with Crippen molar-refractivity contribution >= 4 is 17.5 Å². The molecule has 0 unspecified atom stereocenters. The summed E-state index contributed by atoms with van der Waals surface area (Å²) in [6, 6.07) is 7.59. The van der Waals surface area contributed by atoms with E-state index in [0.717, 1.165) is 5.56 Å². The maximum Gasteiger partial charge on any atom is 0.298 e. The molecule has 100 valence electrons. The summed E-state index contributed by atoms with van der Waals surface area (Å²) in [5, 5.41) is 0.663. The third kappa shape index (κ3) is 3.09. The number of rotatable bonds is 1. The van der Waals surface area contributed by atoms with Crippen molar-refractivity contribution in [3.63, 3.8) is 0 Å². The molecule has 2 atom stereocenters. The van der Waals surface area contributed by atoms with Crippen LogP contribution in [0.4, 0.5) is 0 Å². The number of carbonyl (C=O) groups excluding carboxylic acids is 1. The van der Waals surface area contributed by atoms with Crippen LogP contribution in [0.1, 0.15) is 25.5 Å². The normalized spacial score (nSPS) is 22.6. The topological polar surface area (TPSA) is 29.5 Å². The lowest BCUT2D eigenvalue weighted by Crippen LogP contribution is -2.47. The zero-order valence-electron chi connectivity index (χ0n) is 11.0. The predicted molar refractivity (Wildman–Crippen MR) is 74.8 cm³/mol. The quantitative estimate of drug-likeness (QED) is 0.739. The van der Waals surface area contributed by atoms with Gasteiger partial charge in [-0.1, -0.05) is 35.7 Å². The summed E-state index contributed by atoms with van der Waals surface area (Å²) in [6.07, 6.45) is -0.187. The molecule has 1 aromatic carbocycles. The molecule has 0 aliphatic carbocycles. The Bertz CT molecular complexity index is 532. The maximum atomic E-state index is 11.9. The fourth-order valence-corrected chi connectivity index (χ4v) is 2.40. The van der Waals surface area contributed by atoms with E-state index >= 15 is 0 Å². The Morgan fingerprint density at radius 2 is 2.21 bits per heavy atom. The van der Waals surface area contributed by atoms with Gasteiger partial charge in [0.1, 0.15) is 6.10 Å². The van der Waals surface area contributed by atoms with Crippen molar-refractivity contribution in [2.45, 2.75) is 26.0 Å². The first-order valence-corrected chi connectivity index (χ1v) is 6.60. The molecule has 19 heavy (non-hydrogen) atoms. The highest BCUT2D eigenvalue weighted by Gasteiger charge is 2.30. The minimum Gasteiger partial charge on any atom is -0.369 e. The molecule has 1 heterocycles. The first-order chi connectivity index (χ1) is 9.13. The molecule has 1 amide bonds. The van der Waals surface area contributed by atoms with Crippen LogP contribution in [0.25, 0.3) is 0 Å². The van der Waals surface area contributed by atoms with Gasteiger partial charge >= 0.3 is 0 Å². The van der Waals surface area contributed by atoms with E-state index in [1.54, 1.807) is 11.8 Å². The number of nitrogens with zero attached hydrogens (tertiary/aromatic N) is 1. The Labute approximate surface area is 118 Å². The van der Waals surface area contributed by atoms with Crippen molar-refractivity contribution in [3.05, 3.63) is 34.9 Å². The molecule has 0 radical (unpaired) electrons. The zero-order chi connectivity index (χ0) is 13.8. The lowest BCUT2D eigenvalue weighted by molar-refractivity contribution is -0.138. The van der Waals surface area contributed by atoms with Crippen LogP contribution in [0.3, 0.4) is 0 Å². The van der Waals surface area contributed by atoms with Crippen LogP contribution in [0, 0.1) is 11.8 Å². The van der Waals surface area contributed by atoms with E-state index in [-0.39, 0.29) is 18.1 Å². The van der Waals surface area contributed by atoms with Gasteiger partial charge in [0, 0.05) is 10.6 Å². The summed E-state index contributed by atoms with van der Waals surface area (Å²) < 4.78 is 5.79. The van der Waals surface area contributed by atoms with Crippen molar-refractivity contribution in [3.8, 4) is 11.8 Å². The van der Waals surface area contributed by atoms with Crippen LogP contribution in [-0.4, -0.2) is 30.0 Å². The maximum absolute atomic E-state index is 11.9. The van der Waals surface area contributed by atoms with E-state index in [9.17, 15) is 4.79 Å². The standard InChI is InChI=1S/C15H16ClNO2/c1-3-6-15(18)17-9-14(19-10-11(17)2)12-7-4-5-8-13(12)16/h4-5,7-8,11,14H,9-10H2,1-2H3/t11-,14-/m1/s1. The third-order valence-corrected chi connectivity index (χ3v) is 3.52. The van der Waals surface area contributed by atoms with Crippen LogP contribution < -0.4 is 0 Å². The van der Waals surface area contributed by atoms with Gasteiger partial charge in [0.05, 0.1) is 19.2 Å². The molecule has 0 spiro atoms. The predicted octanol–water partition coefficient (Wildman–Crippen LogP) is 2.65. The van der Waals surface area contributed by atoms with E-state index < -0.39 is 0 Å². The number of ether oxygens (including phenoxy) is 1. The molecule has 0 saturated carbocycles. The van der Waals surface area contributed by atoms with Crippen LogP contribution >= 0.6 is 11.6 Å². The fourth-order valence-electron chi connectivity index (χ4n) is 2.14. The molecule has 3 nitrogen and oxygen atoms in total. The van der Waals surface area contributed by atoms with Crippen molar-refractivity contribution < 1.29 is 9.53 Å². The summed E-state index contributed by atoms with van der Waals surface area (Å²) in [5.41, 5.74) is 0.915. The van der Waals surface area contributed by atoms with Crippen molar-refractivity contribution in [2.24, 2.45) is 0 Å². The summed E-state index contributed by atoms with van der Waals surface area (Å²) >= 11 is 6.17. The van der Waals surface area contributed by atoms with Crippen LogP contribution in [0.2, 0.25) is 5.02 Å². The highest BCUT2D eigenvalue weighted by atomic mass is 35.5. The summed E-state index contributed by atoms with van der Waals surface area (Å²) in [4.78, 5) is 13.7. The zero-order valence-corrected chi connectivity index (χ0v) is 11.8. The molecule has 1 aliphatic heterocycles. The number of halogens is 1. The highest BCUT2D eigenvalue weighted by molar-refractivity contribution is 6.31. The van der Waals surface area contributed by atoms with Crippen LogP contribution in [0.15, 0.2) is 24.3 Å². The van der Waals surface area contributed by atoms with Gasteiger partial charge in [-0.25, -0.2) is 0 Å². The van der Waals surface area contributed by atoms with E-state index in [1.807, 2.05) is 31.2 Å². The molecule has 0 N–H and O–H groups in total. The number of hydrogen-bond donors (Lipinski definition) is 0. The molecule has 1 saturated heterocycles. The number of benzene rings is 1. The Morgan fingerprint density at radius 1 is 1.47 bits per heavy atom. The van der Waals surface area contributed by atoms with Crippen molar-refractivity contribution in [2.75, 3.05) is 13.2 Å². The summed E-state index contributed by atoms with van der Waals surface area (Å²) in [6.45, 7) is 4.60. The molecule has 1 aromatic rings. The molecular weight excluding hydrogens is 262 g/mol. The largest absolute Gasteiger partial charge is 0.369 e. The Morgan fingerprint density at radius 3 is 2.89 bits per heavy atom. The molecule has 1 aliphatic rings. The molecule has 0 bridgehead atoms. The van der Waals surface area contributed by atoms with E-state index in [2.05, 4.69) is 11.8 Å². The lowest BCUT2D eigenvalue weighted by atomic mass is 10.1. The molecule has 0 aromatic heterocycles. The minimum absolute atomic E-state index is 0.0343. The smallest absolute Gasteiger partial charge is 0.298 e. The number of morpholine rings is 1. The number of carbonyl (C=O) groups is 1. The average Bonchev–Trinajstić information content (AvgIpc) is 2.40. The van der Waals surface area contributed by atoms with E-state index in [0.29, 0.717) is 18.2 Å². The second kappa shape index (κ2) is 6.10. The van der Waals surface area contributed by atoms with Crippen molar-refractivity contribution in [1.29, 1.82) is 0 Å². The SMILES string of the molecule is CC#CC(=O)N1C[C@H](c2ccccc2Cl)OC[C@H]1C. The highest BCUT2D eigenvalue weighted by Crippen LogP contribution is 2.29. The van der Waals surface area contributed by atoms with Gasteiger partial charge in [0.25, 0.3) is 5.91 Å². The van der Waals surface area contributed by atoms with Crippen LogP contribution in [-0.2, 0) is 9.53 Å². The number of hydrogen-bond acceptors (Lipinski definition) is 2. The number of amides is 1. The van der Waals surface area contributed by atoms with Crippen molar-refractivity contribution in [1.82, 2.24) is 4.90 Å². The third-order valence-electron chi connectivity index (χ3n) is 3.18. The summed E-state index contributed by atoms with van der Waals surface area (Å²) in [7, 11) is 0. The second-order valence-electron chi connectivity index (χ2n) is 4.53. The monoisotopic (exact) mass is 277 g/mol. The first kappa shape index (κ1) is 13.9. The molecule has 4 heteroatoms. The molecular formula is C15H16ClNO2. The Hall–Kier alpha value is -1.50. The van der Waals surface area contributed by atoms with Gasteiger partial charge in [-0.05, 0) is 25.8 Å². The van der Waals surface area contributed by atoms with Gasteiger partial charge in [-0.15, -0.1) is 0 Å². The van der Waals surface area contributed by atoms with Crippen LogP contribution in [0.5, 0.6) is 0 Å². The van der Waals surface area contributed by atoms with Gasteiger partial charge < -0.3 is 9.64 Å². The molecule has 1 fully saturated rings. The average molecular weight is 278 g/mol. The second-order valence-corrected chi connectivity index (χ2v) is 4.93. The molecule has 2 rings (SSSR count). The fraction of sp³-hybridized carbons (Fsp3) is 0.400. The lowest BCUT2D eigenvalue weighted by Gasteiger charge is -2.37. The Kier molecular flexibility index (Phi) is 4.47. The van der Waals surface area contributed by atoms with Gasteiger partial charge in [-0.3, -0.25) is 4.79 Å². The van der Waals surface area contributed by atoms with E-state index in [1.165, 1.54) is 0 Å². The van der Waals surface area contributed by atoms with Gasteiger partial charge in [-0.2, -0.15) is 0 Å².